The third-order valence-corrected chi connectivity index (χ3v) is 3.99. The minimum atomic E-state index is -0.811. The van der Waals surface area contributed by atoms with E-state index in [4.69, 9.17) is 0 Å². The van der Waals surface area contributed by atoms with Gasteiger partial charge >= 0.3 is 5.97 Å². The largest absolute Gasteiger partial charge is 0.481 e. The van der Waals surface area contributed by atoms with Crippen LogP contribution in [0, 0.1) is 5.92 Å². The Labute approximate surface area is 119 Å². The van der Waals surface area contributed by atoms with Crippen molar-refractivity contribution in [3.8, 4) is 0 Å². The van der Waals surface area contributed by atoms with Crippen LogP contribution in [0.3, 0.4) is 0 Å². The van der Waals surface area contributed by atoms with Gasteiger partial charge in [0.2, 0.25) is 5.91 Å². The summed E-state index contributed by atoms with van der Waals surface area (Å²) in [6.07, 6.45) is 2.44. The Morgan fingerprint density at radius 1 is 1.30 bits per heavy atom. The molecule has 108 valence electrons. The second-order valence-electron chi connectivity index (χ2n) is 5.21. The van der Waals surface area contributed by atoms with Gasteiger partial charge in [-0.05, 0) is 30.4 Å². The average molecular weight is 275 g/mol. The number of hydrogen-bond acceptors (Lipinski definition) is 2. The zero-order chi connectivity index (χ0) is 14.7. The molecule has 0 aliphatic carbocycles. The lowest BCUT2D eigenvalue weighted by Crippen LogP contribution is -2.43. The van der Waals surface area contributed by atoms with E-state index in [1.807, 2.05) is 18.2 Å². The lowest BCUT2D eigenvalue weighted by atomic mass is 9.94. The highest BCUT2D eigenvalue weighted by Gasteiger charge is 2.32. The maximum atomic E-state index is 12.2. The van der Waals surface area contributed by atoms with Gasteiger partial charge in [0.25, 0.3) is 0 Å². The number of amides is 1. The van der Waals surface area contributed by atoms with Crippen LogP contribution < -0.4 is 4.90 Å². The van der Waals surface area contributed by atoms with E-state index in [-0.39, 0.29) is 12.5 Å². The summed E-state index contributed by atoms with van der Waals surface area (Å²) < 4.78 is 0. The van der Waals surface area contributed by atoms with E-state index in [0.29, 0.717) is 12.8 Å². The van der Waals surface area contributed by atoms with E-state index in [1.54, 1.807) is 4.90 Å². The topological polar surface area (TPSA) is 57.6 Å². The Balaban J connectivity index is 2.42. The van der Waals surface area contributed by atoms with E-state index in [2.05, 4.69) is 13.8 Å². The van der Waals surface area contributed by atoms with E-state index < -0.39 is 11.9 Å². The monoisotopic (exact) mass is 275 g/mol. The SMILES string of the molecule is CCc1cccc(CC)c1N1CC(C(=O)O)CCC1=O. The lowest BCUT2D eigenvalue weighted by molar-refractivity contribution is -0.142. The summed E-state index contributed by atoms with van der Waals surface area (Å²) in [5.41, 5.74) is 3.17. The third-order valence-electron chi connectivity index (χ3n) is 3.99. The first-order valence-corrected chi connectivity index (χ1v) is 7.22. The number of carbonyl (C=O) groups excluding carboxylic acids is 1. The molecule has 1 N–H and O–H groups in total. The summed E-state index contributed by atoms with van der Waals surface area (Å²) in [6.45, 7) is 4.40. The molecule has 1 amide bonds. The number of anilines is 1. The minimum Gasteiger partial charge on any atom is -0.481 e. The Kier molecular flexibility index (Phi) is 4.42. The molecule has 1 unspecified atom stereocenters. The molecule has 0 spiro atoms. The van der Waals surface area contributed by atoms with E-state index in [1.165, 1.54) is 0 Å². The number of hydrogen-bond donors (Lipinski definition) is 1. The number of carbonyl (C=O) groups is 2. The molecule has 1 saturated heterocycles. The van der Waals surface area contributed by atoms with Gasteiger partial charge in [-0.25, -0.2) is 0 Å². The van der Waals surface area contributed by atoms with E-state index in [0.717, 1.165) is 29.7 Å². The number of aliphatic carboxylic acids is 1. The van der Waals surface area contributed by atoms with Gasteiger partial charge in [0.05, 0.1) is 5.92 Å². The Morgan fingerprint density at radius 2 is 1.90 bits per heavy atom. The van der Waals surface area contributed by atoms with Crippen LogP contribution in [0.1, 0.15) is 37.8 Å². The number of piperidine rings is 1. The molecule has 20 heavy (non-hydrogen) atoms. The molecule has 2 rings (SSSR count). The summed E-state index contributed by atoms with van der Waals surface area (Å²) >= 11 is 0. The quantitative estimate of drug-likeness (QED) is 0.919. The highest BCUT2D eigenvalue weighted by Crippen LogP contribution is 2.31. The van der Waals surface area contributed by atoms with Crippen molar-refractivity contribution in [3.05, 3.63) is 29.3 Å². The van der Waals surface area contributed by atoms with Gasteiger partial charge in [-0.15, -0.1) is 0 Å². The Morgan fingerprint density at radius 3 is 2.40 bits per heavy atom. The third kappa shape index (κ3) is 2.69. The Bertz CT molecular complexity index is 502. The molecular weight excluding hydrogens is 254 g/mol. The number of carboxylic acid groups (broad SMARTS) is 1. The van der Waals surface area contributed by atoms with Gasteiger partial charge in [0.1, 0.15) is 0 Å². The van der Waals surface area contributed by atoms with Crippen LogP contribution >= 0.6 is 0 Å². The number of para-hydroxylation sites is 1. The first kappa shape index (κ1) is 14.6. The van der Waals surface area contributed by atoms with E-state index >= 15 is 0 Å². The fourth-order valence-corrected chi connectivity index (χ4v) is 2.83. The van der Waals surface area contributed by atoms with Crippen molar-refractivity contribution >= 4 is 17.6 Å². The molecule has 1 fully saturated rings. The van der Waals surface area contributed by atoms with Gasteiger partial charge in [-0.2, -0.15) is 0 Å². The molecule has 1 atom stereocenters. The molecule has 0 radical (unpaired) electrons. The van der Waals surface area contributed by atoms with Crippen LogP contribution in [-0.4, -0.2) is 23.5 Å². The van der Waals surface area contributed by atoms with Gasteiger partial charge in [-0.1, -0.05) is 32.0 Å². The number of nitrogens with zero attached hydrogens (tertiary/aromatic N) is 1. The molecule has 0 aromatic heterocycles. The molecular formula is C16H21NO3. The van der Waals surface area contributed by atoms with Crippen LogP contribution in [0.25, 0.3) is 0 Å². The van der Waals surface area contributed by atoms with Crippen molar-refractivity contribution in [2.24, 2.45) is 5.92 Å². The molecule has 0 saturated carbocycles. The fraction of sp³-hybridized carbons (Fsp3) is 0.500. The second kappa shape index (κ2) is 6.07. The molecule has 1 aromatic rings. The van der Waals surface area contributed by atoms with Crippen LogP contribution in [0.15, 0.2) is 18.2 Å². The number of carboxylic acids is 1. The highest BCUT2D eigenvalue weighted by molar-refractivity contribution is 5.97. The Hall–Kier alpha value is -1.84. The minimum absolute atomic E-state index is 0.0399. The molecule has 4 heteroatoms. The standard InChI is InChI=1S/C16H21NO3/c1-3-11-6-5-7-12(4-2)15(11)17-10-13(16(19)20)8-9-14(17)18/h5-7,13H,3-4,8-10H2,1-2H3,(H,19,20). The van der Waals surface area contributed by atoms with Gasteiger partial charge in [-0.3, -0.25) is 9.59 Å². The molecule has 1 aliphatic heterocycles. The molecule has 1 aliphatic rings. The van der Waals surface area contributed by atoms with Gasteiger partial charge in [0.15, 0.2) is 0 Å². The summed E-state index contributed by atoms with van der Waals surface area (Å²) in [5, 5.41) is 9.20. The first-order valence-electron chi connectivity index (χ1n) is 7.22. The summed E-state index contributed by atoms with van der Waals surface area (Å²) in [5.74, 6) is -1.23. The average Bonchev–Trinajstić information content (AvgIpc) is 2.46. The zero-order valence-corrected chi connectivity index (χ0v) is 12.1. The van der Waals surface area contributed by atoms with Crippen molar-refractivity contribution < 1.29 is 14.7 Å². The maximum Gasteiger partial charge on any atom is 0.308 e. The van der Waals surface area contributed by atoms with Crippen LogP contribution in [0.5, 0.6) is 0 Å². The zero-order valence-electron chi connectivity index (χ0n) is 12.1. The summed E-state index contributed by atoms with van der Waals surface area (Å²) in [4.78, 5) is 25.1. The van der Waals surface area contributed by atoms with Crippen molar-refractivity contribution in [3.63, 3.8) is 0 Å². The summed E-state index contributed by atoms with van der Waals surface area (Å²) in [6, 6.07) is 6.04. The smallest absolute Gasteiger partial charge is 0.308 e. The van der Waals surface area contributed by atoms with Crippen LogP contribution in [-0.2, 0) is 22.4 Å². The van der Waals surface area contributed by atoms with E-state index in [9.17, 15) is 14.7 Å². The van der Waals surface area contributed by atoms with Gasteiger partial charge in [0, 0.05) is 18.7 Å². The van der Waals surface area contributed by atoms with Crippen LogP contribution in [0.2, 0.25) is 0 Å². The lowest BCUT2D eigenvalue weighted by Gasteiger charge is -2.33. The van der Waals surface area contributed by atoms with Crippen LogP contribution in [0.4, 0.5) is 5.69 Å². The molecule has 0 bridgehead atoms. The molecule has 1 heterocycles. The predicted octanol–water partition coefficient (Wildman–Crippen LogP) is 2.64. The predicted molar refractivity (Wildman–Crippen MR) is 77.9 cm³/mol. The second-order valence-corrected chi connectivity index (χ2v) is 5.21. The maximum absolute atomic E-state index is 12.2. The molecule has 4 nitrogen and oxygen atoms in total. The van der Waals surface area contributed by atoms with Crippen molar-refractivity contribution in [1.82, 2.24) is 0 Å². The number of rotatable bonds is 4. The highest BCUT2D eigenvalue weighted by atomic mass is 16.4. The number of aryl methyl sites for hydroxylation is 2. The van der Waals surface area contributed by atoms with Crippen molar-refractivity contribution in [2.45, 2.75) is 39.5 Å². The number of benzene rings is 1. The molecule has 1 aromatic carbocycles. The van der Waals surface area contributed by atoms with Gasteiger partial charge < -0.3 is 10.0 Å². The van der Waals surface area contributed by atoms with Crippen molar-refractivity contribution in [2.75, 3.05) is 11.4 Å². The van der Waals surface area contributed by atoms with Crippen molar-refractivity contribution in [1.29, 1.82) is 0 Å². The first-order chi connectivity index (χ1) is 9.58. The normalized spacial score (nSPS) is 19.2. The fourth-order valence-electron chi connectivity index (χ4n) is 2.83. The summed E-state index contributed by atoms with van der Waals surface area (Å²) in [7, 11) is 0.